The first-order chi connectivity index (χ1) is 7.84. The Morgan fingerprint density at radius 2 is 1.88 bits per heavy atom. The average Bonchev–Trinajstić information content (AvgIpc) is 2.27. The zero-order valence-electron chi connectivity index (χ0n) is 9.14. The smallest absolute Gasteiger partial charge is 0.343 e. The standard InChI is InChI=1S/C11H11BrO4S/c1-8(7-12)16-11(13)9-3-5-10(6-4-9)17(2,14)15/h3-6H,1,7H2,2H3. The Balaban J connectivity index is 2.88. The van der Waals surface area contributed by atoms with Crippen LogP contribution in [0.2, 0.25) is 0 Å². The number of sulfone groups is 1. The van der Waals surface area contributed by atoms with Gasteiger partial charge in [-0.15, -0.1) is 0 Å². The van der Waals surface area contributed by atoms with Crippen molar-refractivity contribution in [2.45, 2.75) is 4.90 Å². The minimum atomic E-state index is -3.25. The molecule has 1 aromatic rings. The van der Waals surface area contributed by atoms with E-state index in [2.05, 4.69) is 22.5 Å². The predicted molar refractivity (Wildman–Crippen MR) is 67.9 cm³/mol. The van der Waals surface area contributed by atoms with Crippen LogP contribution in [0, 0.1) is 0 Å². The number of carbonyl (C=O) groups excluding carboxylic acids is 1. The van der Waals surface area contributed by atoms with Gasteiger partial charge in [0, 0.05) is 6.26 Å². The molecule has 17 heavy (non-hydrogen) atoms. The van der Waals surface area contributed by atoms with E-state index in [4.69, 9.17) is 4.74 Å². The number of carbonyl (C=O) groups is 1. The molecule has 0 saturated heterocycles. The molecule has 0 aliphatic carbocycles. The number of rotatable bonds is 4. The molecule has 0 atom stereocenters. The highest BCUT2D eigenvalue weighted by Gasteiger charge is 2.11. The molecule has 0 aromatic heterocycles. The van der Waals surface area contributed by atoms with Crippen molar-refractivity contribution in [2.24, 2.45) is 0 Å². The first-order valence-corrected chi connectivity index (χ1v) is 7.62. The average molecular weight is 319 g/mol. The summed E-state index contributed by atoms with van der Waals surface area (Å²) in [6.45, 7) is 3.51. The lowest BCUT2D eigenvalue weighted by Gasteiger charge is -2.05. The molecule has 0 aliphatic rings. The van der Waals surface area contributed by atoms with E-state index in [9.17, 15) is 13.2 Å². The Morgan fingerprint density at radius 3 is 2.29 bits per heavy atom. The monoisotopic (exact) mass is 318 g/mol. The van der Waals surface area contributed by atoms with Crippen LogP contribution in [0.15, 0.2) is 41.5 Å². The molecule has 0 fully saturated rings. The summed E-state index contributed by atoms with van der Waals surface area (Å²) in [5.41, 5.74) is 0.277. The number of allylic oxidation sites excluding steroid dienone is 1. The minimum Gasteiger partial charge on any atom is -0.427 e. The summed E-state index contributed by atoms with van der Waals surface area (Å²) in [7, 11) is -3.25. The van der Waals surface area contributed by atoms with Crippen LogP contribution < -0.4 is 0 Å². The van der Waals surface area contributed by atoms with Crippen LogP contribution in [0.3, 0.4) is 0 Å². The molecule has 0 radical (unpaired) electrons. The Morgan fingerprint density at radius 1 is 1.35 bits per heavy atom. The zero-order valence-corrected chi connectivity index (χ0v) is 11.5. The Kier molecular flexibility index (Phi) is 4.47. The highest BCUT2D eigenvalue weighted by atomic mass is 79.9. The number of hydrogen-bond acceptors (Lipinski definition) is 4. The second kappa shape index (κ2) is 5.46. The highest BCUT2D eigenvalue weighted by molar-refractivity contribution is 9.09. The lowest BCUT2D eigenvalue weighted by atomic mass is 10.2. The molecule has 0 heterocycles. The van der Waals surface area contributed by atoms with E-state index in [0.717, 1.165) is 6.26 Å². The second-order valence-corrected chi connectivity index (χ2v) is 5.93. The van der Waals surface area contributed by atoms with Gasteiger partial charge in [-0.3, -0.25) is 0 Å². The third-order valence-corrected chi connectivity index (χ3v) is 3.66. The molecular formula is C11H11BrO4S. The zero-order chi connectivity index (χ0) is 13.1. The number of benzene rings is 1. The maximum atomic E-state index is 11.5. The second-order valence-electron chi connectivity index (χ2n) is 3.36. The van der Waals surface area contributed by atoms with E-state index < -0.39 is 15.8 Å². The Hall–Kier alpha value is -1.14. The van der Waals surface area contributed by atoms with Gasteiger partial charge in [0.15, 0.2) is 9.84 Å². The summed E-state index contributed by atoms with van der Waals surface area (Å²) < 4.78 is 27.3. The SMILES string of the molecule is C=C(CBr)OC(=O)c1ccc(S(C)(=O)=O)cc1. The molecule has 92 valence electrons. The van der Waals surface area contributed by atoms with Crippen molar-refractivity contribution in [2.75, 3.05) is 11.6 Å². The predicted octanol–water partition coefficient (Wildman–Crippen LogP) is 2.16. The van der Waals surface area contributed by atoms with Gasteiger partial charge in [0.25, 0.3) is 0 Å². The van der Waals surface area contributed by atoms with Gasteiger partial charge >= 0.3 is 5.97 Å². The summed E-state index contributed by atoms with van der Waals surface area (Å²) >= 11 is 3.10. The fraction of sp³-hybridized carbons (Fsp3) is 0.182. The van der Waals surface area contributed by atoms with Crippen molar-refractivity contribution in [3.63, 3.8) is 0 Å². The third kappa shape index (κ3) is 3.98. The van der Waals surface area contributed by atoms with Gasteiger partial charge in [-0.2, -0.15) is 0 Å². The van der Waals surface area contributed by atoms with Gasteiger partial charge in [0.05, 0.1) is 15.8 Å². The maximum Gasteiger partial charge on any atom is 0.343 e. The molecule has 0 amide bonds. The summed E-state index contributed by atoms with van der Waals surface area (Å²) in [6, 6.07) is 5.53. The van der Waals surface area contributed by atoms with Crippen LogP contribution in [0.25, 0.3) is 0 Å². The highest BCUT2D eigenvalue weighted by Crippen LogP contribution is 2.12. The number of alkyl halides is 1. The van der Waals surface area contributed by atoms with Crippen molar-refractivity contribution in [3.8, 4) is 0 Å². The molecule has 4 nitrogen and oxygen atoms in total. The number of halogens is 1. The number of ether oxygens (including phenoxy) is 1. The number of esters is 1. The van der Waals surface area contributed by atoms with Gasteiger partial charge in [-0.25, -0.2) is 13.2 Å². The van der Waals surface area contributed by atoms with Gasteiger partial charge in [0.1, 0.15) is 5.76 Å². The van der Waals surface area contributed by atoms with Crippen molar-refractivity contribution in [1.82, 2.24) is 0 Å². The van der Waals surface area contributed by atoms with Gasteiger partial charge in [-0.1, -0.05) is 22.5 Å². The van der Waals surface area contributed by atoms with E-state index in [0.29, 0.717) is 11.1 Å². The minimum absolute atomic E-state index is 0.161. The summed E-state index contributed by atoms with van der Waals surface area (Å²) in [5.74, 6) is -0.267. The maximum absolute atomic E-state index is 11.5. The molecule has 1 aromatic carbocycles. The van der Waals surface area contributed by atoms with Gasteiger partial charge in [0.2, 0.25) is 0 Å². The molecule has 0 unspecified atom stereocenters. The van der Waals surface area contributed by atoms with Crippen LogP contribution >= 0.6 is 15.9 Å². The summed E-state index contributed by atoms with van der Waals surface area (Å²) in [6.07, 6.45) is 1.10. The first-order valence-electron chi connectivity index (χ1n) is 4.60. The Labute approximate surface area is 108 Å². The van der Waals surface area contributed by atoms with Crippen LogP contribution in [-0.4, -0.2) is 26.0 Å². The largest absolute Gasteiger partial charge is 0.427 e. The van der Waals surface area contributed by atoms with Crippen LogP contribution in [0.1, 0.15) is 10.4 Å². The van der Waals surface area contributed by atoms with Crippen LogP contribution in [0.5, 0.6) is 0 Å². The normalized spacial score (nSPS) is 10.9. The van der Waals surface area contributed by atoms with Crippen molar-refractivity contribution in [3.05, 3.63) is 42.2 Å². The fourth-order valence-electron chi connectivity index (χ4n) is 1.06. The molecular weight excluding hydrogens is 308 g/mol. The molecule has 0 bridgehead atoms. The lowest BCUT2D eigenvalue weighted by Crippen LogP contribution is -2.06. The summed E-state index contributed by atoms with van der Waals surface area (Å²) in [5, 5.41) is 0.361. The quantitative estimate of drug-likeness (QED) is 0.485. The lowest BCUT2D eigenvalue weighted by molar-refractivity contribution is 0.0630. The van der Waals surface area contributed by atoms with E-state index in [1.165, 1.54) is 24.3 Å². The third-order valence-electron chi connectivity index (χ3n) is 1.90. The van der Waals surface area contributed by atoms with Gasteiger partial charge in [-0.05, 0) is 24.3 Å². The van der Waals surface area contributed by atoms with Gasteiger partial charge < -0.3 is 4.74 Å². The van der Waals surface area contributed by atoms with Crippen molar-refractivity contribution in [1.29, 1.82) is 0 Å². The molecule has 0 spiro atoms. The molecule has 0 saturated carbocycles. The van der Waals surface area contributed by atoms with E-state index in [-0.39, 0.29) is 10.5 Å². The van der Waals surface area contributed by atoms with E-state index in [1.807, 2.05) is 0 Å². The fourth-order valence-corrected chi connectivity index (χ4v) is 1.80. The molecule has 0 aliphatic heterocycles. The van der Waals surface area contributed by atoms with E-state index >= 15 is 0 Å². The van der Waals surface area contributed by atoms with Crippen LogP contribution in [-0.2, 0) is 14.6 Å². The van der Waals surface area contributed by atoms with Crippen molar-refractivity contribution < 1.29 is 17.9 Å². The topological polar surface area (TPSA) is 60.4 Å². The van der Waals surface area contributed by atoms with E-state index in [1.54, 1.807) is 0 Å². The molecule has 0 N–H and O–H groups in total. The van der Waals surface area contributed by atoms with Crippen LogP contribution in [0.4, 0.5) is 0 Å². The first kappa shape index (κ1) is 13.9. The molecule has 6 heteroatoms. The number of hydrogen-bond donors (Lipinski definition) is 0. The summed E-state index contributed by atoms with van der Waals surface area (Å²) in [4.78, 5) is 11.7. The Bertz CT molecular complexity index is 531. The molecule has 1 rings (SSSR count). The van der Waals surface area contributed by atoms with Crippen molar-refractivity contribution >= 4 is 31.7 Å².